The van der Waals surface area contributed by atoms with Crippen LogP contribution in [-0.2, 0) is 25.8 Å². The first kappa shape index (κ1) is 13.8. The van der Waals surface area contributed by atoms with Gasteiger partial charge < -0.3 is 4.74 Å². The van der Waals surface area contributed by atoms with Gasteiger partial charge in [-0.3, -0.25) is 14.4 Å². The lowest BCUT2D eigenvalue weighted by atomic mass is 10.1. The van der Waals surface area contributed by atoms with E-state index in [-0.39, 0.29) is 25.5 Å². The molecule has 0 N–H and O–H groups in total. The first-order valence-electron chi connectivity index (χ1n) is 5.86. The number of nitrogens with zero attached hydrogens (tertiary/aromatic N) is 1. The van der Waals surface area contributed by atoms with Crippen LogP contribution in [0.15, 0.2) is 24.3 Å². The number of esters is 1. The topological polar surface area (TPSA) is 55.8 Å². The van der Waals surface area contributed by atoms with E-state index in [1.54, 1.807) is 6.07 Å². The summed E-state index contributed by atoms with van der Waals surface area (Å²) in [5, 5.41) is 1.78. The first-order valence-corrected chi connectivity index (χ1v) is 6.24. The van der Waals surface area contributed by atoms with Crippen molar-refractivity contribution in [1.29, 1.82) is 0 Å². The number of hydrogen-bond acceptors (Lipinski definition) is 4. The molecule has 1 heterocycles. The number of hydroxylamine groups is 2. The molecule has 1 aliphatic rings. The quantitative estimate of drug-likeness (QED) is 0.791. The molecule has 0 saturated carbocycles. The van der Waals surface area contributed by atoms with Gasteiger partial charge in [0.15, 0.2) is 0 Å². The maximum Gasteiger partial charge on any atom is 0.311 e. The smallest absolute Gasteiger partial charge is 0.311 e. The van der Waals surface area contributed by atoms with Gasteiger partial charge in [-0.15, -0.1) is 0 Å². The molecule has 1 fully saturated rings. The van der Waals surface area contributed by atoms with Gasteiger partial charge in [-0.25, -0.2) is 5.06 Å². The minimum absolute atomic E-state index is 0.120. The molecule has 0 bridgehead atoms. The minimum Gasteiger partial charge on any atom is -0.469 e. The SMILES string of the molecule is COC(=O)C1CC(=O)N(OCc2ccccc2Cl)C1. The molecule has 1 aliphatic heterocycles. The number of hydrogen-bond donors (Lipinski definition) is 0. The van der Waals surface area contributed by atoms with Gasteiger partial charge in [0.25, 0.3) is 0 Å². The lowest BCUT2D eigenvalue weighted by Gasteiger charge is -2.16. The molecule has 1 aromatic rings. The van der Waals surface area contributed by atoms with E-state index in [4.69, 9.17) is 16.4 Å². The van der Waals surface area contributed by atoms with Crippen LogP contribution in [0.25, 0.3) is 0 Å². The van der Waals surface area contributed by atoms with Crippen LogP contribution >= 0.6 is 11.6 Å². The number of carbonyl (C=O) groups excluding carboxylic acids is 2. The Balaban J connectivity index is 1.92. The number of amides is 1. The van der Waals surface area contributed by atoms with Crippen LogP contribution in [0.5, 0.6) is 0 Å². The molecule has 19 heavy (non-hydrogen) atoms. The molecule has 1 unspecified atom stereocenters. The Kier molecular flexibility index (Phi) is 4.39. The first-order chi connectivity index (χ1) is 9.11. The zero-order valence-corrected chi connectivity index (χ0v) is 11.2. The zero-order valence-electron chi connectivity index (χ0n) is 10.5. The monoisotopic (exact) mass is 283 g/mol. The number of ether oxygens (including phenoxy) is 1. The second kappa shape index (κ2) is 6.04. The van der Waals surface area contributed by atoms with Crippen molar-refractivity contribution in [2.75, 3.05) is 13.7 Å². The van der Waals surface area contributed by atoms with Crippen molar-refractivity contribution in [3.8, 4) is 0 Å². The summed E-state index contributed by atoms with van der Waals surface area (Å²) in [6, 6.07) is 7.23. The van der Waals surface area contributed by atoms with E-state index in [2.05, 4.69) is 4.74 Å². The normalized spacial score (nSPS) is 18.7. The van der Waals surface area contributed by atoms with Gasteiger partial charge in [0.2, 0.25) is 5.91 Å². The lowest BCUT2D eigenvalue weighted by molar-refractivity contribution is -0.183. The average molecular weight is 284 g/mol. The summed E-state index contributed by atoms with van der Waals surface area (Å²) in [6.07, 6.45) is 0.120. The van der Waals surface area contributed by atoms with Gasteiger partial charge in [-0.2, -0.15) is 0 Å². The van der Waals surface area contributed by atoms with Crippen molar-refractivity contribution in [2.45, 2.75) is 13.0 Å². The Morgan fingerprint density at radius 1 is 1.47 bits per heavy atom. The standard InChI is InChI=1S/C13H14ClNO4/c1-18-13(17)10-6-12(16)15(7-10)19-8-9-4-2-3-5-11(9)14/h2-5,10H,6-8H2,1H3. The van der Waals surface area contributed by atoms with Gasteiger partial charge >= 0.3 is 5.97 Å². The number of benzene rings is 1. The predicted octanol–water partition coefficient (Wildman–Crippen LogP) is 1.79. The van der Waals surface area contributed by atoms with E-state index in [1.807, 2.05) is 18.2 Å². The molecule has 0 spiro atoms. The largest absolute Gasteiger partial charge is 0.469 e. The highest BCUT2D eigenvalue weighted by molar-refractivity contribution is 6.31. The van der Waals surface area contributed by atoms with E-state index in [1.165, 1.54) is 12.2 Å². The molecule has 102 valence electrons. The molecule has 2 rings (SSSR count). The molecule has 1 saturated heterocycles. The molecule has 0 aromatic heterocycles. The molecule has 0 aliphatic carbocycles. The van der Waals surface area contributed by atoms with Crippen LogP contribution in [0.2, 0.25) is 5.02 Å². The van der Waals surface area contributed by atoms with Crippen LogP contribution in [0, 0.1) is 5.92 Å². The van der Waals surface area contributed by atoms with Crippen LogP contribution in [0.1, 0.15) is 12.0 Å². The van der Waals surface area contributed by atoms with E-state index in [9.17, 15) is 9.59 Å². The summed E-state index contributed by atoms with van der Waals surface area (Å²) in [7, 11) is 1.31. The van der Waals surface area contributed by atoms with E-state index in [0.29, 0.717) is 5.02 Å². The van der Waals surface area contributed by atoms with Crippen molar-refractivity contribution in [2.24, 2.45) is 5.92 Å². The van der Waals surface area contributed by atoms with Crippen LogP contribution in [-0.4, -0.2) is 30.6 Å². The summed E-state index contributed by atoms with van der Waals surface area (Å²) < 4.78 is 4.62. The van der Waals surface area contributed by atoms with Gasteiger partial charge in [0.1, 0.15) is 6.61 Å². The van der Waals surface area contributed by atoms with E-state index in [0.717, 1.165) is 5.56 Å². The van der Waals surface area contributed by atoms with Gasteiger partial charge in [0, 0.05) is 11.4 Å². The van der Waals surface area contributed by atoms with Crippen molar-refractivity contribution in [3.05, 3.63) is 34.9 Å². The van der Waals surface area contributed by atoms with Crippen LogP contribution in [0.4, 0.5) is 0 Å². The summed E-state index contributed by atoms with van der Waals surface area (Å²) in [4.78, 5) is 28.4. The number of halogens is 1. The van der Waals surface area contributed by atoms with Crippen LogP contribution < -0.4 is 0 Å². The Labute approximate surface area is 116 Å². The molecule has 1 aromatic carbocycles. The Bertz CT molecular complexity index is 491. The fraction of sp³-hybridized carbons (Fsp3) is 0.385. The third-order valence-corrected chi connectivity index (χ3v) is 3.32. The number of methoxy groups -OCH3 is 1. The van der Waals surface area contributed by atoms with Crippen LogP contribution in [0.3, 0.4) is 0 Å². The highest BCUT2D eigenvalue weighted by atomic mass is 35.5. The van der Waals surface area contributed by atoms with Crippen molar-refractivity contribution < 1.29 is 19.2 Å². The molecule has 1 amide bonds. The Morgan fingerprint density at radius 2 is 2.21 bits per heavy atom. The summed E-state index contributed by atoms with van der Waals surface area (Å²) >= 11 is 5.99. The predicted molar refractivity (Wildman–Crippen MR) is 68.1 cm³/mol. The van der Waals surface area contributed by atoms with Crippen molar-refractivity contribution in [1.82, 2.24) is 5.06 Å². The second-order valence-electron chi connectivity index (χ2n) is 4.24. The second-order valence-corrected chi connectivity index (χ2v) is 4.65. The lowest BCUT2D eigenvalue weighted by Crippen LogP contribution is -2.26. The molecule has 5 nitrogen and oxygen atoms in total. The van der Waals surface area contributed by atoms with E-state index >= 15 is 0 Å². The third-order valence-electron chi connectivity index (χ3n) is 2.95. The maximum absolute atomic E-state index is 11.7. The summed E-state index contributed by atoms with van der Waals surface area (Å²) in [5.74, 6) is -1.07. The third kappa shape index (κ3) is 3.24. The molecular formula is C13H14ClNO4. The zero-order chi connectivity index (χ0) is 13.8. The fourth-order valence-corrected chi connectivity index (χ4v) is 2.08. The highest BCUT2D eigenvalue weighted by Crippen LogP contribution is 2.22. The summed E-state index contributed by atoms with van der Waals surface area (Å²) in [5.41, 5.74) is 0.790. The Hall–Kier alpha value is -1.59. The maximum atomic E-state index is 11.7. The van der Waals surface area contributed by atoms with Gasteiger partial charge in [0.05, 0.1) is 19.6 Å². The van der Waals surface area contributed by atoms with Gasteiger partial charge in [-0.05, 0) is 11.6 Å². The van der Waals surface area contributed by atoms with E-state index < -0.39 is 11.9 Å². The average Bonchev–Trinajstić information content (AvgIpc) is 2.78. The molecular weight excluding hydrogens is 270 g/mol. The van der Waals surface area contributed by atoms with Gasteiger partial charge in [-0.1, -0.05) is 29.8 Å². The number of carbonyl (C=O) groups is 2. The molecule has 6 heteroatoms. The molecule has 1 atom stereocenters. The number of rotatable bonds is 4. The molecule has 0 radical (unpaired) electrons. The highest BCUT2D eigenvalue weighted by Gasteiger charge is 2.36. The van der Waals surface area contributed by atoms with Crippen molar-refractivity contribution in [3.63, 3.8) is 0 Å². The minimum atomic E-state index is -0.455. The fourth-order valence-electron chi connectivity index (χ4n) is 1.89. The Morgan fingerprint density at radius 3 is 2.89 bits per heavy atom. The summed E-state index contributed by atoms with van der Waals surface area (Å²) in [6.45, 7) is 0.412. The van der Waals surface area contributed by atoms with Crippen molar-refractivity contribution >= 4 is 23.5 Å².